The Bertz CT molecular complexity index is 655. The number of non-ortho nitro benzene ring substituents is 1. The third-order valence-electron chi connectivity index (χ3n) is 2.64. The molecule has 2 N–H and O–H groups in total. The second-order valence-corrected chi connectivity index (χ2v) is 4.23. The third kappa shape index (κ3) is 3.56. The van der Waals surface area contributed by atoms with E-state index in [-0.39, 0.29) is 18.0 Å². The van der Waals surface area contributed by atoms with Crippen LogP contribution in [0.4, 0.5) is 11.5 Å². The van der Waals surface area contributed by atoms with Crippen molar-refractivity contribution in [3.05, 3.63) is 45.9 Å². The largest absolute Gasteiger partial charge is 0.493 e. The van der Waals surface area contributed by atoms with Crippen LogP contribution < -0.4 is 15.2 Å². The summed E-state index contributed by atoms with van der Waals surface area (Å²) in [6.45, 7) is 1.82. The van der Waals surface area contributed by atoms with E-state index in [9.17, 15) is 10.1 Å². The number of benzene rings is 1. The Morgan fingerprint density at radius 3 is 2.67 bits per heavy atom. The molecule has 0 aliphatic heterocycles. The standard InChI is InChI=1S/C13H14N4O4/c1-8-5-12(14)16-13(15-8)7-21-11-6-9(17(18)19)3-4-10(11)20-2/h3-6H,7H2,1-2H3,(H2,14,15,16). The number of hydrogen-bond donors (Lipinski definition) is 1. The van der Waals surface area contributed by atoms with E-state index in [1.54, 1.807) is 13.0 Å². The molecule has 8 nitrogen and oxygen atoms in total. The van der Waals surface area contributed by atoms with Crippen molar-refractivity contribution in [1.82, 2.24) is 9.97 Å². The van der Waals surface area contributed by atoms with Crippen molar-refractivity contribution in [3.63, 3.8) is 0 Å². The monoisotopic (exact) mass is 290 g/mol. The van der Waals surface area contributed by atoms with Gasteiger partial charge < -0.3 is 15.2 Å². The predicted octanol–water partition coefficient (Wildman–Crippen LogP) is 1.86. The highest BCUT2D eigenvalue weighted by Gasteiger charge is 2.13. The van der Waals surface area contributed by atoms with Gasteiger partial charge in [-0.3, -0.25) is 10.1 Å². The summed E-state index contributed by atoms with van der Waals surface area (Å²) in [6.07, 6.45) is 0. The van der Waals surface area contributed by atoms with Gasteiger partial charge in [0.25, 0.3) is 5.69 Å². The first-order valence-electron chi connectivity index (χ1n) is 6.05. The third-order valence-corrected chi connectivity index (χ3v) is 2.64. The lowest BCUT2D eigenvalue weighted by Gasteiger charge is -2.10. The molecular weight excluding hydrogens is 276 g/mol. The summed E-state index contributed by atoms with van der Waals surface area (Å²) in [7, 11) is 1.45. The Balaban J connectivity index is 2.21. The minimum atomic E-state index is -0.506. The van der Waals surface area contributed by atoms with Gasteiger partial charge in [-0.15, -0.1) is 0 Å². The van der Waals surface area contributed by atoms with Gasteiger partial charge >= 0.3 is 0 Å². The molecule has 2 aromatic rings. The van der Waals surface area contributed by atoms with E-state index < -0.39 is 4.92 Å². The van der Waals surface area contributed by atoms with Crippen LogP contribution in [0.15, 0.2) is 24.3 Å². The van der Waals surface area contributed by atoms with Crippen molar-refractivity contribution >= 4 is 11.5 Å². The summed E-state index contributed by atoms with van der Waals surface area (Å²) < 4.78 is 10.6. The van der Waals surface area contributed by atoms with Crippen LogP contribution in [0, 0.1) is 17.0 Å². The number of rotatable bonds is 5. The SMILES string of the molecule is COc1ccc([N+](=O)[O-])cc1OCc1nc(C)cc(N)n1. The summed E-state index contributed by atoms with van der Waals surface area (Å²) in [5.74, 6) is 1.37. The number of aryl methyl sites for hydroxylation is 1. The predicted molar refractivity (Wildman–Crippen MR) is 75.2 cm³/mol. The van der Waals surface area contributed by atoms with Crippen LogP contribution in [-0.4, -0.2) is 22.0 Å². The number of nitrogen functional groups attached to an aromatic ring is 1. The van der Waals surface area contributed by atoms with Crippen molar-refractivity contribution in [2.24, 2.45) is 0 Å². The number of nitrogens with zero attached hydrogens (tertiary/aromatic N) is 3. The maximum Gasteiger partial charge on any atom is 0.273 e. The second kappa shape index (κ2) is 6.04. The molecule has 0 unspecified atom stereocenters. The molecule has 0 saturated carbocycles. The highest BCUT2D eigenvalue weighted by molar-refractivity contribution is 5.48. The maximum atomic E-state index is 10.8. The van der Waals surface area contributed by atoms with Gasteiger partial charge in [-0.25, -0.2) is 9.97 Å². The zero-order valence-electron chi connectivity index (χ0n) is 11.6. The number of anilines is 1. The van der Waals surface area contributed by atoms with Gasteiger partial charge in [0.05, 0.1) is 18.1 Å². The van der Waals surface area contributed by atoms with Gasteiger partial charge in [-0.2, -0.15) is 0 Å². The van der Waals surface area contributed by atoms with Crippen LogP contribution in [0.5, 0.6) is 11.5 Å². The Hall–Kier alpha value is -2.90. The molecule has 1 aromatic carbocycles. The lowest BCUT2D eigenvalue weighted by atomic mass is 10.3. The summed E-state index contributed by atoms with van der Waals surface area (Å²) in [6, 6.07) is 5.74. The number of nitrogens with two attached hydrogens (primary N) is 1. The smallest absolute Gasteiger partial charge is 0.273 e. The summed E-state index contributed by atoms with van der Waals surface area (Å²) in [5, 5.41) is 10.8. The molecular formula is C13H14N4O4. The molecule has 2 rings (SSSR count). The molecule has 0 fully saturated rings. The number of methoxy groups -OCH3 is 1. The quantitative estimate of drug-likeness (QED) is 0.660. The topological polar surface area (TPSA) is 113 Å². The van der Waals surface area contributed by atoms with E-state index in [1.165, 1.54) is 25.3 Å². The zero-order valence-corrected chi connectivity index (χ0v) is 11.6. The summed E-state index contributed by atoms with van der Waals surface area (Å²) in [4.78, 5) is 18.5. The first-order chi connectivity index (χ1) is 9.99. The number of ether oxygens (including phenoxy) is 2. The van der Waals surface area contributed by atoms with E-state index in [0.717, 1.165) is 0 Å². The molecule has 0 aliphatic carbocycles. The molecule has 0 atom stereocenters. The first kappa shape index (κ1) is 14.5. The molecule has 0 radical (unpaired) electrons. The zero-order chi connectivity index (χ0) is 15.4. The molecule has 0 spiro atoms. The molecule has 1 aromatic heterocycles. The van der Waals surface area contributed by atoms with Crippen LogP contribution in [0.25, 0.3) is 0 Å². The van der Waals surface area contributed by atoms with Crippen molar-refractivity contribution < 1.29 is 14.4 Å². The molecule has 0 amide bonds. The molecule has 0 saturated heterocycles. The molecule has 0 aliphatic rings. The van der Waals surface area contributed by atoms with Gasteiger partial charge in [0.2, 0.25) is 0 Å². The fourth-order valence-electron chi connectivity index (χ4n) is 1.75. The average molecular weight is 290 g/mol. The molecule has 8 heteroatoms. The summed E-state index contributed by atoms with van der Waals surface area (Å²) >= 11 is 0. The fourth-order valence-corrected chi connectivity index (χ4v) is 1.75. The Labute approximate surface area is 120 Å². The first-order valence-corrected chi connectivity index (χ1v) is 6.05. The normalized spacial score (nSPS) is 10.2. The van der Waals surface area contributed by atoms with Crippen molar-refractivity contribution in [2.75, 3.05) is 12.8 Å². The molecule has 0 bridgehead atoms. The minimum Gasteiger partial charge on any atom is -0.493 e. The number of hydrogen-bond acceptors (Lipinski definition) is 7. The highest BCUT2D eigenvalue weighted by Crippen LogP contribution is 2.31. The van der Waals surface area contributed by atoms with Gasteiger partial charge in [-0.05, 0) is 13.0 Å². The molecule has 1 heterocycles. The van der Waals surface area contributed by atoms with Crippen molar-refractivity contribution in [3.8, 4) is 11.5 Å². The Morgan fingerprint density at radius 2 is 2.05 bits per heavy atom. The van der Waals surface area contributed by atoms with Crippen LogP contribution in [0.1, 0.15) is 11.5 Å². The van der Waals surface area contributed by atoms with Crippen LogP contribution in [-0.2, 0) is 6.61 Å². The Morgan fingerprint density at radius 1 is 1.29 bits per heavy atom. The Kier molecular flexibility index (Phi) is 4.17. The maximum absolute atomic E-state index is 10.8. The summed E-state index contributed by atoms with van der Waals surface area (Å²) in [5.41, 5.74) is 6.26. The van der Waals surface area contributed by atoms with Crippen LogP contribution in [0.3, 0.4) is 0 Å². The highest BCUT2D eigenvalue weighted by atomic mass is 16.6. The van der Waals surface area contributed by atoms with Gasteiger partial charge in [0, 0.05) is 17.8 Å². The average Bonchev–Trinajstić information content (AvgIpc) is 2.43. The van der Waals surface area contributed by atoms with Crippen molar-refractivity contribution in [2.45, 2.75) is 13.5 Å². The lowest BCUT2D eigenvalue weighted by Crippen LogP contribution is -2.06. The van der Waals surface area contributed by atoms with Gasteiger partial charge in [-0.1, -0.05) is 0 Å². The van der Waals surface area contributed by atoms with Gasteiger partial charge in [0.15, 0.2) is 17.3 Å². The van der Waals surface area contributed by atoms with E-state index in [4.69, 9.17) is 15.2 Å². The van der Waals surface area contributed by atoms with Gasteiger partial charge in [0.1, 0.15) is 12.4 Å². The van der Waals surface area contributed by atoms with Crippen molar-refractivity contribution in [1.29, 1.82) is 0 Å². The number of nitro groups is 1. The fraction of sp³-hybridized carbons (Fsp3) is 0.231. The minimum absolute atomic E-state index is 0.0312. The van der Waals surface area contributed by atoms with E-state index >= 15 is 0 Å². The second-order valence-electron chi connectivity index (χ2n) is 4.23. The van der Waals surface area contributed by atoms with E-state index in [1.807, 2.05) is 0 Å². The van der Waals surface area contributed by atoms with Crippen LogP contribution >= 0.6 is 0 Å². The van der Waals surface area contributed by atoms with E-state index in [2.05, 4.69) is 9.97 Å². The molecule has 21 heavy (non-hydrogen) atoms. The number of nitro benzene ring substituents is 1. The van der Waals surface area contributed by atoms with E-state index in [0.29, 0.717) is 23.1 Å². The lowest BCUT2D eigenvalue weighted by molar-refractivity contribution is -0.385. The molecule has 110 valence electrons. The van der Waals surface area contributed by atoms with Crippen LogP contribution in [0.2, 0.25) is 0 Å². The number of aromatic nitrogens is 2.